The van der Waals surface area contributed by atoms with Crippen molar-refractivity contribution in [3.8, 4) is 5.75 Å². The maximum Gasteiger partial charge on any atom is 0.137 e. The Labute approximate surface area is 102 Å². The van der Waals surface area contributed by atoms with Crippen LogP contribution >= 0.6 is 11.6 Å². The first-order valence-electron chi connectivity index (χ1n) is 5.29. The first kappa shape index (κ1) is 13.3. The van der Waals surface area contributed by atoms with Gasteiger partial charge in [0, 0.05) is 0 Å². The van der Waals surface area contributed by atoms with Crippen molar-refractivity contribution in [1.82, 2.24) is 4.90 Å². The zero-order valence-electron chi connectivity index (χ0n) is 9.90. The van der Waals surface area contributed by atoms with Crippen LogP contribution in [0.1, 0.15) is 18.5 Å². The third-order valence-electron chi connectivity index (χ3n) is 2.44. The van der Waals surface area contributed by atoms with E-state index in [4.69, 9.17) is 16.3 Å². The second kappa shape index (κ2) is 6.09. The molecule has 0 spiro atoms. The van der Waals surface area contributed by atoms with Gasteiger partial charge in [0.15, 0.2) is 0 Å². The molecule has 0 saturated heterocycles. The second-order valence-corrected chi connectivity index (χ2v) is 4.19. The van der Waals surface area contributed by atoms with Crippen molar-refractivity contribution in [1.29, 1.82) is 0 Å². The van der Waals surface area contributed by atoms with Crippen LogP contribution in [0.5, 0.6) is 5.75 Å². The van der Waals surface area contributed by atoms with E-state index in [1.165, 1.54) is 0 Å². The molecule has 0 radical (unpaired) electrons. The molecule has 1 aromatic carbocycles. The number of benzene rings is 1. The van der Waals surface area contributed by atoms with Gasteiger partial charge in [0.2, 0.25) is 0 Å². The summed E-state index contributed by atoms with van der Waals surface area (Å²) in [7, 11) is 3.84. The van der Waals surface area contributed by atoms with Crippen LogP contribution < -0.4 is 4.74 Å². The van der Waals surface area contributed by atoms with Gasteiger partial charge in [0.25, 0.3) is 0 Å². The molecule has 0 bridgehead atoms. The van der Waals surface area contributed by atoms with Crippen molar-refractivity contribution in [2.45, 2.75) is 13.0 Å². The van der Waals surface area contributed by atoms with E-state index in [0.29, 0.717) is 17.4 Å². The zero-order valence-corrected chi connectivity index (χ0v) is 10.7. The third-order valence-corrected chi connectivity index (χ3v) is 2.73. The van der Waals surface area contributed by atoms with Gasteiger partial charge >= 0.3 is 0 Å². The molecule has 1 aromatic rings. The summed E-state index contributed by atoms with van der Waals surface area (Å²) in [6.45, 7) is 2.58. The summed E-state index contributed by atoms with van der Waals surface area (Å²) in [5.41, 5.74) is 0.987. The maximum atomic E-state index is 9.30. The predicted octanol–water partition coefficient (Wildman–Crippen LogP) is 2.33. The van der Waals surface area contributed by atoms with Gasteiger partial charge in [0.05, 0.1) is 24.3 Å². The summed E-state index contributed by atoms with van der Waals surface area (Å²) >= 11 is 6.09. The lowest BCUT2D eigenvalue weighted by Crippen LogP contribution is -2.23. The SMILES string of the molecule is CCOc1ccc(C(CO)N(C)C)cc1Cl. The summed E-state index contributed by atoms with van der Waals surface area (Å²) in [5, 5.41) is 9.88. The van der Waals surface area contributed by atoms with Gasteiger partial charge in [-0.15, -0.1) is 0 Å². The van der Waals surface area contributed by atoms with Gasteiger partial charge in [0.1, 0.15) is 5.75 Å². The highest BCUT2D eigenvalue weighted by molar-refractivity contribution is 6.32. The first-order chi connectivity index (χ1) is 7.60. The number of rotatable bonds is 5. The topological polar surface area (TPSA) is 32.7 Å². The first-order valence-corrected chi connectivity index (χ1v) is 5.67. The molecule has 1 unspecified atom stereocenters. The van der Waals surface area contributed by atoms with Crippen molar-refractivity contribution < 1.29 is 9.84 Å². The van der Waals surface area contributed by atoms with E-state index in [-0.39, 0.29) is 12.6 Å². The number of ether oxygens (including phenoxy) is 1. The number of aliphatic hydroxyl groups is 1. The Balaban J connectivity index is 2.95. The molecule has 0 heterocycles. The monoisotopic (exact) mass is 243 g/mol. The van der Waals surface area contributed by atoms with Crippen LogP contribution in [-0.4, -0.2) is 37.3 Å². The number of halogens is 1. The number of nitrogens with zero attached hydrogens (tertiary/aromatic N) is 1. The fraction of sp³-hybridized carbons (Fsp3) is 0.500. The van der Waals surface area contributed by atoms with E-state index >= 15 is 0 Å². The molecule has 0 aliphatic heterocycles. The van der Waals surface area contributed by atoms with Crippen molar-refractivity contribution in [2.24, 2.45) is 0 Å². The van der Waals surface area contributed by atoms with Gasteiger partial charge in [-0.1, -0.05) is 17.7 Å². The Morgan fingerprint density at radius 1 is 1.44 bits per heavy atom. The summed E-state index contributed by atoms with van der Waals surface area (Å²) in [4.78, 5) is 1.95. The minimum atomic E-state index is -0.0341. The lowest BCUT2D eigenvalue weighted by molar-refractivity contribution is 0.171. The molecular weight excluding hydrogens is 226 g/mol. The quantitative estimate of drug-likeness (QED) is 0.862. The van der Waals surface area contributed by atoms with E-state index in [9.17, 15) is 5.11 Å². The van der Waals surface area contributed by atoms with E-state index in [0.717, 1.165) is 5.56 Å². The van der Waals surface area contributed by atoms with Crippen molar-refractivity contribution in [3.05, 3.63) is 28.8 Å². The minimum absolute atomic E-state index is 0.0341. The Morgan fingerprint density at radius 3 is 2.56 bits per heavy atom. The Morgan fingerprint density at radius 2 is 2.12 bits per heavy atom. The fourth-order valence-electron chi connectivity index (χ4n) is 1.56. The van der Waals surface area contributed by atoms with Crippen LogP contribution in [-0.2, 0) is 0 Å². The average molecular weight is 244 g/mol. The van der Waals surface area contributed by atoms with Crippen LogP contribution in [0.4, 0.5) is 0 Å². The maximum absolute atomic E-state index is 9.30. The molecule has 1 rings (SSSR count). The van der Waals surface area contributed by atoms with Gasteiger partial charge < -0.3 is 14.7 Å². The summed E-state index contributed by atoms with van der Waals surface area (Å²) in [6.07, 6.45) is 0. The lowest BCUT2D eigenvalue weighted by atomic mass is 10.1. The zero-order chi connectivity index (χ0) is 12.1. The molecule has 0 aliphatic carbocycles. The third kappa shape index (κ3) is 3.11. The molecule has 0 aromatic heterocycles. The summed E-state index contributed by atoms with van der Waals surface area (Å²) < 4.78 is 5.36. The molecule has 4 heteroatoms. The molecule has 0 aliphatic rings. The molecule has 16 heavy (non-hydrogen) atoms. The minimum Gasteiger partial charge on any atom is -0.492 e. The number of aliphatic hydroxyl groups excluding tert-OH is 1. The molecule has 90 valence electrons. The molecule has 3 nitrogen and oxygen atoms in total. The average Bonchev–Trinajstić information content (AvgIpc) is 2.22. The summed E-state index contributed by atoms with van der Waals surface area (Å²) in [6, 6.07) is 5.58. The van der Waals surface area contributed by atoms with Gasteiger partial charge in [-0.05, 0) is 38.7 Å². The lowest BCUT2D eigenvalue weighted by Gasteiger charge is -2.23. The molecule has 0 saturated carbocycles. The second-order valence-electron chi connectivity index (χ2n) is 3.78. The van der Waals surface area contributed by atoms with Crippen LogP contribution in [0.25, 0.3) is 0 Å². The summed E-state index contributed by atoms with van der Waals surface area (Å²) in [5.74, 6) is 0.684. The standard InChI is InChI=1S/C12H18ClNO2/c1-4-16-12-6-5-9(7-10(12)13)11(8-15)14(2)3/h5-7,11,15H,4,8H2,1-3H3. The molecule has 0 fully saturated rings. The molecule has 0 amide bonds. The predicted molar refractivity (Wildman–Crippen MR) is 66.1 cm³/mol. The van der Waals surface area contributed by atoms with Crippen LogP contribution in [0.15, 0.2) is 18.2 Å². The number of hydrogen-bond donors (Lipinski definition) is 1. The fourth-order valence-corrected chi connectivity index (χ4v) is 1.81. The molecule has 1 atom stereocenters. The largest absolute Gasteiger partial charge is 0.492 e. The number of hydrogen-bond acceptors (Lipinski definition) is 3. The van der Waals surface area contributed by atoms with Crippen molar-refractivity contribution >= 4 is 11.6 Å². The normalized spacial score (nSPS) is 12.9. The van der Waals surface area contributed by atoms with Crippen LogP contribution in [0, 0.1) is 0 Å². The van der Waals surface area contributed by atoms with E-state index in [1.54, 1.807) is 0 Å². The highest BCUT2D eigenvalue weighted by atomic mass is 35.5. The smallest absolute Gasteiger partial charge is 0.137 e. The van der Waals surface area contributed by atoms with E-state index in [1.807, 2.05) is 44.1 Å². The Hall–Kier alpha value is -0.770. The van der Waals surface area contributed by atoms with E-state index in [2.05, 4.69) is 0 Å². The van der Waals surface area contributed by atoms with Crippen LogP contribution in [0.2, 0.25) is 5.02 Å². The Bertz CT molecular complexity index is 342. The highest BCUT2D eigenvalue weighted by Crippen LogP contribution is 2.29. The van der Waals surface area contributed by atoms with Gasteiger partial charge in [-0.3, -0.25) is 0 Å². The Kier molecular flexibility index (Phi) is 5.06. The van der Waals surface area contributed by atoms with E-state index < -0.39 is 0 Å². The number of likely N-dealkylation sites (N-methyl/N-ethyl adjacent to an activating group) is 1. The molecular formula is C12H18ClNO2. The van der Waals surface area contributed by atoms with Crippen molar-refractivity contribution in [3.63, 3.8) is 0 Å². The molecule has 1 N–H and O–H groups in total. The van der Waals surface area contributed by atoms with Crippen molar-refractivity contribution in [2.75, 3.05) is 27.3 Å². The highest BCUT2D eigenvalue weighted by Gasteiger charge is 2.14. The van der Waals surface area contributed by atoms with Gasteiger partial charge in [-0.25, -0.2) is 0 Å². The van der Waals surface area contributed by atoms with Gasteiger partial charge in [-0.2, -0.15) is 0 Å². The van der Waals surface area contributed by atoms with Crippen LogP contribution in [0.3, 0.4) is 0 Å².